The minimum atomic E-state index is -0.964. The van der Waals surface area contributed by atoms with Gasteiger partial charge in [0.05, 0.1) is 11.3 Å². The van der Waals surface area contributed by atoms with Gasteiger partial charge in [0.2, 0.25) is 0 Å². The van der Waals surface area contributed by atoms with Crippen LogP contribution in [0.25, 0.3) is 0 Å². The summed E-state index contributed by atoms with van der Waals surface area (Å²) in [5.74, 6) is -0.303. The number of hydrogen-bond donors (Lipinski definition) is 2. The molecule has 0 aliphatic heterocycles. The molecular formula is C13H12N2O2S. The van der Waals surface area contributed by atoms with Gasteiger partial charge in [0, 0.05) is 22.5 Å². The molecule has 1 heterocycles. The zero-order valence-electron chi connectivity index (χ0n) is 9.54. The second-order valence-corrected chi connectivity index (χ2v) is 4.69. The van der Waals surface area contributed by atoms with Crippen LogP contribution >= 0.6 is 11.8 Å². The minimum absolute atomic E-state index is 0.197. The fraction of sp³-hybridized carbons (Fsp3) is 0.0769. The molecule has 0 fully saturated rings. The number of para-hydroxylation sites is 1. The fourth-order valence-corrected chi connectivity index (χ4v) is 2.28. The zero-order valence-corrected chi connectivity index (χ0v) is 10.4. The zero-order chi connectivity index (χ0) is 13.0. The van der Waals surface area contributed by atoms with E-state index in [0.29, 0.717) is 5.75 Å². The summed E-state index contributed by atoms with van der Waals surface area (Å²) in [4.78, 5) is 15.8. The Kier molecular flexibility index (Phi) is 3.84. The highest BCUT2D eigenvalue weighted by Crippen LogP contribution is 2.27. The average molecular weight is 260 g/mol. The summed E-state index contributed by atoms with van der Waals surface area (Å²) in [7, 11) is 0. The molecule has 5 heteroatoms. The molecular weight excluding hydrogens is 248 g/mol. The lowest BCUT2D eigenvalue weighted by Crippen LogP contribution is -1.98. The highest BCUT2D eigenvalue weighted by Gasteiger charge is 2.04. The van der Waals surface area contributed by atoms with Crippen LogP contribution in [0.2, 0.25) is 0 Å². The first-order valence-electron chi connectivity index (χ1n) is 5.32. The van der Waals surface area contributed by atoms with Crippen molar-refractivity contribution >= 4 is 23.4 Å². The van der Waals surface area contributed by atoms with Crippen molar-refractivity contribution in [3.63, 3.8) is 0 Å². The van der Waals surface area contributed by atoms with E-state index in [1.54, 1.807) is 23.9 Å². The second-order valence-electron chi connectivity index (χ2n) is 3.67. The summed E-state index contributed by atoms with van der Waals surface area (Å²) >= 11 is 1.58. The molecule has 0 spiro atoms. The van der Waals surface area contributed by atoms with Crippen LogP contribution in [0.4, 0.5) is 5.69 Å². The number of hydrogen-bond acceptors (Lipinski definition) is 4. The largest absolute Gasteiger partial charge is 0.478 e. The quantitative estimate of drug-likeness (QED) is 0.653. The van der Waals surface area contributed by atoms with Gasteiger partial charge in [0.1, 0.15) is 0 Å². The Bertz CT molecular complexity index is 555. The molecule has 4 nitrogen and oxygen atoms in total. The van der Waals surface area contributed by atoms with Crippen molar-refractivity contribution in [1.29, 1.82) is 0 Å². The number of anilines is 1. The van der Waals surface area contributed by atoms with Crippen molar-refractivity contribution in [2.45, 2.75) is 10.6 Å². The lowest BCUT2D eigenvalue weighted by Gasteiger charge is -2.04. The molecule has 1 aromatic heterocycles. The van der Waals surface area contributed by atoms with Gasteiger partial charge >= 0.3 is 5.97 Å². The molecule has 0 aliphatic rings. The molecule has 0 saturated heterocycles. The SMILES string of the molecule is Nc1ccccc1SCc1ccc(C(=O)O)cn1. The van der Waals surface area contributed by atoms with E-state index in [-0.39, 0.29) is 5.56 Å². The Morgan fingerprint density at radius 2 is 2.06 bits per heavy atom. The number of carbonyl (C=O) groups is 1. The first-order chi connectivity index (χ1) is 8.66. The molecule has 0 saturated carbocycles. The van der Waals surface area contributed by atoms with Crippen LogP contribution in [0.1, 0.15) is 16.1 Å². The molecule has 0 unspecified atom stereocenters. The fourth-order valence-electron chi connectivity index (χ4n) is 1.40. The number of nitrogens with zero attached hydrogens (tertiary/aromatic N) is 1. The predicted molar refractivity (Wildman–Crippen MR) is 71.6 cm³/mol. The van der Waals surface area contributed by atoms with Gasteiger partial charge in [0.15, 0.2) is 0 Å². The van der Waals surface area contributed by atoms with Crippen molar-refractivity contribution in [2.24, 2.45) is 0 Å². The van der Waals surface area contributed by atoms with Crippen molar-refractivity contribution in [1.82, 2.24) is 4.98 Å². The third-order valence-corrected chi connectivity index (χ3v) is 3.49. The van der Waals surface area contributed by atoms with E-state index in [1.165, 1.54) is 6.20 Å². The molecule has 2 aromatic rings. The van der Waals surface area contributed by atoms with E-state index in [0.717, 1.165) is 16.3 Å². The van der Waals surface area contributed by atoms with E-state index in [2.05, 4.69) is 4.98 Å². The van der Waals surface area contributed by atoms with Crippen LogP contribution in [0.3, 0.4) is 0 Å². The number of pyridine rings is 1. The molecule has 0 amide bonds. The number of aromatic nitrogens is 1. The molecule has 0 bridgehead atoms. The van der Waals surface area contributed by atoms with E-state index < -0.39 is 5.97 Å². The van der Waals surface area contributed by atoms with Crippen molar-refractivity contribution in [3.05, 3.63) is 53.9 Å². The number of carboxylic acid groups (broad SMARTS) is 1. The monoisotopic (exact) mass is 260 g/mol. The Hall–Kier alpha value is -2.01. The van der Waals surface area contributed by atoms with Gasteiger partial charge in [-0.15, -0.1) is 11.8 Å². The maximum atomic E-state index is 10.7. The molecule has 92 valence electrons. The van der Waals surface area contributed by atoms with Gasteiger partial charge in [-0.3, -0.25) is 4.98 Å². The van der Waals surface area contributed by atoms with Gasteiger partial charge in [-0.1, -0.05) is 12.1 Å². The summed E-state index contributed by atoms with van der Waals surface area (Å²) in [5.41, 5.74) is 7.59. The van der Waals surface area contributed by atoms with Crippen LogP contribution in [0, 0.1) is 0 Å². The number of nitrogen functional groups attached to an aromatic ring is 1. The van der Waals surface area contributed by atoms with E-state index >= 15 is 0 Å². The third-order valence-electron chi connectivity index (χ3n) is 2.37. The highest BCUT2D eigenvalue weighted by molar-refractivity contribution is 7.98. The molecule has 18 heavy (non-hydrogen) atoms. The highest BCUT2D eigenvalue weighted by atomic mass is 32.2. The number of thioether (sulfide) groups is 1. The summed E-state index contributed by atoms with van der Waals surface area (Å²) < 4.78 is 0. The molecule has 3 N–H and O–H groups in total. The second kappa shape index (κ2) is 5.55. The van der Waals surface area contributed by atoms with Gasteiger partial charge in [-0.2, -0.15) is 0 Å². The Morgan fingerprint density at radius 1 is 1.28 bits per heavy atom. The van der Waals surface area contributed by atoms with E-state index in [4.69, 9.17) is 10.8 Å². The number of nitrogens with two attached hydrogens (primary N) is 1. The molecule has 0 atom stereocenters. The van der Waals surface area contributed by atoms with Gasteiger partial charge in [-0.25, -0.2) is 4.79 Å². The summed E-state index contributed by atoms with van der Waals surface area (Å²) in [5, 5.41) is 8.76. The summed E-state index contributed by atoms with van der Waals surface area (Å²) in [6.45, 7) is 0. The molecule has 0 aliphatic carbocycles. The summed E-state index contributed by atoms with van der Waals surface area (Å²) in [6, 6.07) is 10.9. The normalized spacial score (nSPS) is 10.2. The van der Waals surface area contributed by atoms with Crippen molar-refractivity contribution < 1.29 is 9.90 Å². The van der Waals surface area contributed by atoms with Gasteiger partial charge in [0.25, 0.3) is 0 Å². The minimum Gasteiger partial charge on any atom is -0.478 e. The molecule has 0 radical (unpaired) electrons. The standard InChI is InChI=1S/C13H12N2O2S/c14-11-3-1-2-4-12(11)18-8-10-6-5-9(7-15-10)13(16)17/h1-7H,8,14H2,(H,16,17). The van der Waals surface area contributed by atoms with Crippen LogP contribution in [-0.4, -0.2) is 16.1 Å². The Morgan fingerprint density at radius 3 is 2.67 bits per heavy atom. The van der Waals surface area contributed by atoms with E-state index in [1.807, 2.05) is 24.3 Å². The van der Waals surface area contributed by atoms with Crippen LogP contribution in [-0.2, 0) is 5.75 Å². The van der Waals surface area contributed by atoms with E-state index in [9.17, 15) is 4.79 Å². The number of aromatic carboxylic acids is 1. The lowest BCUT2D eigenvalue weighted by molar-refractivity contribution is 0.0696. The average Bonchev–Trinajstić information content (AvgIpc) is 2.38. The topological polar surface area (TPSA) is 76.2 Å². The first-order valence-corrected chi connectivity index (χ1v) is 6.31. The maximum Gasteiger partial charge on any atom is 0.337 e. The smallest absolute Gasteiger partial charge is 0.337 e. The van der Waals surface area contributed by atoms with Gasteiger partial charge < -0.3 is 10.8 Å². The first kappa shape index (κ1) is 12.4. The third kappa shape index (κ3) is 3.01. The number of rotatable bonds is 4. The molecule has 1 aromatic carbocycles. The Balaban J connectivity index is 2.02. The molecule has 2 rings (SSSR count). The maximum absolute atomic E-state index is 10.7. The van der Waals surface area contributed by atoms with Crippen LogP contribution < -0.4 is 5.73 Å². The summed E-state index contributed by atoms with van der Waals surface area (Å²) in [6.07, 6.45) is 1.37. The Labute approximate surface area is 109 Å². The lowest BCUT2D eigenvalue weighted by atomic mass is 10.2. The van der Waals surface area contributed by atoms with Gasteiger partial charge in [-0.05, 0) is 24.3 Å². The predicted octanol–water partition coefficient (Wildman–Crippen LogP) is 2.65. The van der Waals surface area contributed by atoms with Crippen LogP contribution in [0.5, 0.6) is 0 Å². The number of benzene rings is 1. The van der Waals surface area contributed by atoms with Crippen molar-refractivity contribution in [2.75, 3.05) is 5.73 Å². The number of carboxylic acids is 1. The van der Waals surface area contributed by atoms with Crippen molar-refractivity contribution in [3.8, 4) is 0 Å². The van der Waals surface area contributed by atoms with Crippen LogP contribution in [0.15, 0.2) is 47.5 Å².